The average Bonchev–Trinajstić information content (AvgIpc) is 1.82. The van der Waals surface area contributed by atoms with E-state index in [-0.39, 0.29) is 0 Å². The molecule has 0 bridgehead atoms. The monoisotopic (exact) mass is 194 g/mol. The van der Waals surface area contributed by atoms with Crippen molar-refractivity contribution >= 4 is 34.8 Å². The Labute approximate surface area is 74.7 Å². The van der Waals surface area contributed by atoms with Crippen molar-refractivity contribution in [1.82, 2.24) is 0 Å². The van der Waals surface area contributed by atoms with Crippen molar-refractivity contribution in [3.05, 3.63) is 32.8 Å². The molecule has 3 heteroatoms. The zero-order valence-corrected chi connectivity index (χ0v) is 7.56. The van der Waals surface area contributed by atoms with Crippen molar-refractivity contribution in [3.63, 3.8) is 0 Å². The lowest BCUT2D eigenvalue weighted by Crippen LogP contribution is -1.76. The first-order valence-electron chi connectivity index (χ1n) is 2.72. The molecule has 0 unspecified atom stereocenters. The van der Waals surface area contributed by atoms with Gasteiger partial charge in [-0.3, -0.25) is 0 Å². The fraction of sp³-hybridized carbons (Fsp3) is 0.143. The summed E-state index contributed by atoms with van der Waals surface area (Å²) in [5.74, 6) is 0. The van der Waals surface area contributed by atoms with Crippen LogP contribution in [0.4, 0.5) is 0 Å². The van der Waals surface area contributed by atoms with Crippen LogP contribution in [0.15, 0.2) is 12.1 Å². The molecule has 1 aromatic carbocycles. The molecule has 0 nitrogen and oxygen atoms in total. The van der Waals surface area contributed by atoms with E-state index in [1.54, 1.807) is 12.1 Å². The summed E-state index contributed by atoms with van der Waals surface area (Å²) in [6, 6.07) is 3.34. The quantitative estimate of drug-likeness (QED) is 0.588. The molecule has 0 radical (unpaired) electrons. The smallest absolute Gasteiger partial charge is 0.0464 e. The number of benzene rings is 1. The van der Waals surface area contributed by atoms with Gasteiger partial charge in [0.1, 0.15) is 0 Å². The summed E-state index contributed by atoms with van der Waals surface area (Å²) >= 11 is 17.2. The van der Waals surface area contributed by atoms with Crippen LogP contribution in [0.3, 0.4) is 0 Å². The summed E-state index contributed by atoms with van der Waals surface area (Å²) in [6.45, 7) is 1.85. The van der Waals surface area contributed by atoms with Gasteiger partial charge in [-0.15, -0.1) is 0 Å². The van der Waals surface area contributed by atoms with E-state index < -0.39 is 0 Å². The van der Waals surface area contributed by atoms with Crippen LogP contribution in [0.25, 0.3) is 0 Å². The van der Waals surface area contributed by atoms with E-state index in [1.165, 1.54) is 0 Å². The molecular weight excluding hydrogens is 190 g/mol. The fourth-order valence-corrected chi connectivity index (χ4v) is 1.43. The Hall–Kier alpha value is 0.0900. The third-order valence-corrected chi connectivity index (χ3v) is 2.25. The molecule has 0 aromatic heterocycles. The average molecular weight is 195 g/mol. The van der Waals surface area contributed by atoms with Crippen LogP contribution in [0.5, 0.6) is 0 Å². The van der Waals surface area contributed by atoms with Crippen molar-refractivity contribution in [1.29, 1.82) is 0 Å². The Balaban J connectivity index is 3.31. The first kappa shape index (κ1) is 8.19. The van der Waals surface area contributed by atoms with E-state index in [1.807, 2.05) is 6.92 Å². The van der Waals surface area contributed by atoms with Crippen LogP contribution in [-0.2, 0) is 0 Å². The summed E-state index contributed by atoms with van der Waals surface area (Å²) in [7, 11) is 0. The second kappa shape index (κ2) is 3.00. The molecule has 1 rings (SSSR count). The summed E-state index contributed by atoms with van der Waals surface area (Å²) in [4.78, 5) is 0. The molecule has 0 fully saturated rings. The first-order valence-corrected chi connectivity index (χ1v) is 3.86. The molecule has 0 aliphatic rings. The van der Waals surface area contributed by atoms with Crippen LogP contribution >= 0.6 is 34.8 Å². The molecule has 0 amide bonds. The fourth-order valence-electron chi connectivity index (χ4n) is 0.614. The lowest BCUT2D eigenvalue weighted by molar-refractivity contribution is 1.47. The highest BCUT2D eigenvalue weighted by atomic mass is 35.5. The lowest BCUT2D eigenvalue weighted by atomic mass is 10.2. The molecule has 10 heavy (non-hydrogen) atoms. The summed E-state index contributed by atoms with van der Waals surface area (Å²) in [6.07, 6.45) is 0. The maximum Gasteiger partial charge on any atom is 0.0464 e. The predicted molar refractivity (Wildman–Crippen MR) is 46.2 cm³/mol. The lowest BCUT2D eigenvalue weighted by Gasteiger charge is -1.99. The molecule has 0 aliphatic carbocycles. The second-order valence-corrected chi connectivity index (χ2v) is 3.25. The minimum Gasteiger partial charge on any atom is -0.0842 e. The zero-order valence-electron chi connectivity index (χ0n) is 5.29. The van der Waals surface area contributed by atoms with Gasteiger partial charge in [0, 0.05) is 15.1 Å². The Morgan fingerprint density at radius 2 is 1.40 bits per heavy atom. The highest BCUT2D eigenvalue weighted by molar-refractivity contribution is 6.39. The van der Waals surface area contributed by atoms with Crippen molar-refractivity contribution < 1.29 is 0 Å². The van der Waals surface area contributed by atoms with Crippen molar-refractivity contribution in [3.8, 4) is 0 Å². The first-order chi connectivity index (χ1) is 4.61. The van der Waals surface area contributed by atoms with Gasteiger partial charge in [-0.05, 0) is 24.6 Å². The van der Waals surface area contributed by atoms with Crippen molar-refractivity contribution in [2.75, 3.05) is 0 Å². The topological polar surface area (TPSA) is 0 Å². The number of hydrogen-bond donors (Lipinski definition) is 0. The van der Waals surface area contributed by atoms with Crippen LogP contribution in [-0.4, -0.2) is 0 Å². The predicted octanol–water partition coefficient (Wildman–Crippen LogP) is 3.96. The normalized spacial score (nSPS) is 10.0. The number of rotatable bonds is 0. The SMILES string of the molecule is Cc1c(Cl)cc(Cl)cc1Cl. The number of halogens is 3. The van der Waals surface area contributed by atoms with E-state index in [2.05, 4.69) is 0 Å². The Morgan fingerprint density at radius 1 is 1.00 bits per heavy atom. The van der Waals surface area contributed by atoms with Gasteiger partial charge >= 0.3 is 0 Å². The van der Waals surface area contributed by atoms with E-state index >= 15 is 0 Å². The van der Waals surface area contributed by atoms with Crippen LogP contribution in [0, 0.1) is 6.92 Å². The van der Waals surface area contributed by atoms with Gasteiger partial charge in [-0.25, -0.2) is 0 Å². The summed E-state index contributed by atoms with van der Waals surface area (Å²) in [5, 5.41) is 1.79. The minimum absolute atomic E-state index is 0.570. The maximum absolute atomic E-state index is 5.75. The molecule has 0 saturated carbocycles. The van der Waals surface area contributed by atoms with E-state index in [0.29, 0.717) is 15.1 Å². The second-order valence-electron chi connectivity index (χ2n) is 1.99. The Bertz CT molecular complexity index is 232. The van der Waals surface area contributed by atoms with Gasteiger partial charge in [0.05, 0.1) is 0 Å². The molecule has 0 atom stereocenters. The van der Waals surface area contributed by atoms with Gasteiger partial charge in [0.25, 0.3) is 0 Å². The van der Waals surface area contributed by atoms with Crippen molar-refractivity contribution in [2.24, 2.45) is 0 Å². The standard InChI is InChI=1S/C7H5Cl3/c1-4-6(9)2-5(8)3-7(4)10/h2-3H,1H3. The van der Waals surface area contributed by atoms with Gasteiger partial charge < -0.3 is 0 Å². The Kier molecular flexibility index (Phi) is 2.45. The van der Waals surface area contributed by atoms with Gasteiger partial charge in [0.2, 0.25) is 0 Å². The summed E-state index contributed by atoms with van der Waals surface area (Å²) in [5.41, 5.74) is 0.868. The van der Waals surface area contributed by atoms with Crippen LogP contribution < -0.4 is 0 Å². The van der Waals surface area contributed by atoms with Crippen LogP contribution in [0.2, 0.25) is 15.1 Å². The largest absolute Gasteiger partial charge is 0.0842 e. The van der Waals surface area contributed by atoms with Crippen LogP contribution in [0.1, 0.15) is 5.56 Å². The molecule has 0 aliphatic heterocycles. The third-order valence-electron chi connectivity index (χ3n) is 1.25. The molecule has 0 N–H and O–H groups in total. The molecule has 0 heterocycles. The van der Waals surface area contributed by atoms with Gasteiger partial charge in [-0.1, -0.05) is 34.8 Å². The van der Waals surface area contributed by atoms with Crippen molar-refractivity contribution in [2.45, 2.75) is 6.92 Å². The van der Waals surface area contributed by atoms with Gasteiger partial charge in [-0.2, -0.15) is 0 Å². The highest BCUT2D eigenvalue weighted by Crippen LogP contribution is 2.27. The highest BCUT2D eigenvalue weighted by Gasteiger charge is 2.00. The molecule has 0 saturated heterocycles. The molecule has 0 spiro atoms. The summed E-state index contributed by atoms with van der Waals surface area (Å²) < 4.78 is 0. The third kappa shape index (κ3) is 1.57. The van der Waals surface area contributed by atoms with Gasteiger partial charge in [0.15, 0.2) is 0 Å². The van der Waals surface area contributed by atoms with E-state index in [4.69, 9.17) is 34.8 Å². The minimum atomic E-state index is 0.570. The zero-order chi connectivity index (χ0) is 7.72. The molecule has 1 aromatic rings. The molecule has 54 valence electrons. The molecular formula is C7H5Cl3. The number of hydrogen-bond acceptors (Lipinski definition) is 0. The Morgan fingerprint density at radius 3 is 1.80 bits per heavy atom. The van der Waals surface area contributed by atoms with E-state index in [9.17, 15) is 0 Å². The van der Waals surface area contributed by atoms with E-state index in [0.717, 1.165) is 5.56 Å². The maximum atomic E-state index is 5.75.